The summed E-state index contributed by atoms with van der Waals surface area (Å²) in [5.74, 6) is 1.06. The van der Waals surface area contributed by atoms with Crippen LogP contribution in [0.15, 0.2) is 42.5 Å². The van der Waals surface area contributed by atoms with Crippen LogP contribution in [0, 0.1) is 5.82 Å². The molecule has 0 saturated heterocycles. The minimum Gasteiger partial charge on any atom is -0.493 e. The summed E-state index contributed by atoms with van der Waals surface area (Å²) >= 11 is 0. The van der Waals surface area contributed by atoms with E-state index in [2.05, 4.69) is 10.6 Å². The molecule has 0 bridgehead atoms. The van der Waals surface area contributed by atoms with Gasteiger partial charge in [0.1, 0.15) is 12.4 Å². The molecule has 0 aliphatic heterocycles. The third-order valence-electron chi connectivity index (χ3n) is 3.78. The fourth-order valence-electron chi connectivity index (χ4n) is 2.40. The number of aliphatic hydroxyl groups is 1. The molecule has 6 heteroatoms. The summed E-state index contributed by atoms with van der Waals surface area (Å²) in [4.78, 5) is 0. The second kappa shape index (κ2) is 10.8. The summed E-state index contributed by atoms with van der Waals surface area (Å²) in [6.45, 7) is 5.01. The maximum atomic E-state index is 12.9. The largest absolute Gasteiger partial charge is 0.493 e. The molecule has 0 aliphatic rings. The van der Waals surface area contributed by atoms with E-state index in [0.717, 1.165) is 24.2 Å². The van der Waals surface area contributed by atoms with Gasteiger partial charge < -0.3 is 25.2 Å². The van der Waals surface area contributed by atoms with Gasteiger partial charge in [0, 0.05) is 26.2 Å². The van der Waals surface area contributed by atoms with E-state index in [-0.39, 0.29) is 11.9 Å². The molecule has 5 nitrogen and oxygen atoms in total. The van der Waals surface area contributed by atoms with Crippen molar-refractivity contribution in [3.8, 4) is 11.5 Å². The number of hydrogen-bond acceptors (Lipinski definition) is 5. The van der Waals surface area contributed by atoms with Crippen molar-refractivity contribution in [2.45, 2.75) is 26.2 Å². The third kappa shape index (κ3) is 7.00. The molecule has 0 aliphatic carbocycles. The van der Waals surface area contributed by atoms with Crippen LogP contribution in [0.25, 0.3) is 0 Å². The lowest BCUT2D eigenvalue weighted by Gasteiger charge is -2.13. The second-order valence-electron chi connectivity index (χ2n) is 6.13. The van der Waals surface area contributed by atoms with Crippen molar-refractivity contribution < 1.29 is 19.0 Å². The third-order valence-corrected chi connectivity index (χ3v) is 3.78. The van der Waals surface area contributed by atoms with Crippen LogP contribution in [0.4, 0.5) is 4.39 Å². The standard InChI is InChI=1S/C20H27FN2O3/c1-15(24)12-22-9-10-23-13-17-5-8-19(20(11-17)25-2)26-14-16-3-6-18(21)7-4-16/h3-8,11,15,22-24H,9-10,12-14H2,1-2H3/t15-/m1/s1. The normalized spacial score (nSPS) is 12.0. The topological polar surface area (TPSA) is 62.8 Å². The van der Waals surface area contributed by atoms with E-state index in [9.17, 15) is 9.50 Å². The average molecular weight is 362 g/mol. The quantitative estimate of drug-likeness (QED) is 0.536. The molecule has 0 amide bonds. The Hall–Kier alpha value is -2.15. The van der Waals surface area contributed by atoms with Crippen molar-refractivity contribution in [1.29, 1.82) is 0 Å². The molecule has 2 rings (SSSR count). The molecule has 0 radical (unpaired) electrons. The zero-order valence-electron chi connectivity index (χ0n) is 15.3. The molecule has 2 aromatic rings. The molecule has 26 heavy (non-hydrogen) atoms. The molecule has 1 atom stereocenters. The van der Waals surface area contributed by atoms with Crippen LogP contribution in [-0.4, -0.2) is 38.0 Å². The van der Waals surface area contributed by atoms with Crippen molar-refractivity contribution in [2.24, 2.45) is 0 Å². The number of aliphatic hydroxyl groups excluding tert-OH is 1. The first-order chi connectivity index (χ1) is 12.6. The van der Waals surface area contributed by atoms with Gasteiger partial charge in [-0.1, -0.05) is 18.2 Å². The van der Waals surface area contributed by atoms with Crippen LogP contribution >= 0.6 is 0 Å². The van der Waals surface area contributed by atoms with Crippen molar-refractivity contribution >= 4 is 0 Å². The predicted octanol–water partition coefficient (Wildman–Crippen LogP) is 2.47. The number of rotatable bonds is 11. The maximum absolute atomic E-state index is 12.9. The van der Waals surface area contributed by atoms with Gasteiger partial charge in [-0.3, -0.25) is 0 Å². The van der Waals surface area contributed by atoms with Crippen LogP contribution in [0.2, 0.25) is 0 Å². The van der Waals surface area contributed by atoms with E-state index in [1.54, 1.807) is 26.2 Å². The maximum Gasteiger partial charge on any atom is 0.161 e. The lowest BCUT2D eigenvalue weighted by molar-refractivity contribution is 0.191. The summed E-state index contributed by atoms with van der Waals surface area (Å²) in [7, 11) is 1.61. The van der Waals surface area contributed by atoms with Gasteiger partial charge in [-0.25, -0.2) is 4.39 Å². The van der Waals surface area contributed by atoms with E-state index in [0.29, 0.717) is 31.2 Å². The van der Waals surface area contributed by atoms with E-state index in [1.807, 2.05) is 18.2 Å². The summed E-state index contributed by atoms with van der Waals surface area (Å²) in [5, 5.41) is 15.7. The highest BCUT2D eigenvalue weighted by Gasteiger charge is 2.06. The van der Waals surface area contributed by atoms with Gasteiger partial charge in [0.05, 0.1) is 13.2 Å². The number of ether oxygens (including phenoxy) is 2. The van der Waals surface area contributed by atoms with Gasteiger partial charge in [0.2, 0.25) is 0 Å². The molecule has 0 fully saturated rings. The summed E-state index contributed by atoms with van der Waals surface area (Å²) in [6.07, 6.45) is -0.332. The molecular formula is C20H27FN2O3. The Morgan fingerprint density at radius 2 is 1.69 bits per heavy atom. The van der Waals surface area contributed by atoms with Gasteiger partial charge >= 0.3 is 0 Å². The Labute approximate surface area is 154 Å². The van der Waals surface area contributed by atoms with E-state index >= 15 is 0 Å². The SMILES string of the molecule is COc1cc(CNCCNC[C@@H](C)O)ccc1OCc1ccc(F)cc1. The molecule has 0 heterocycles. The first kappa shape index (κ1) is 20.2. The Bertz CT molecular complexity index is 663. The minimum atomic E-state index is -0.332. The van der Waals surface area contributed by atoms with E-state index in [1.165, 1.54) is 12.1 Å². The van der Waals surface area contributed by atoms with E-state index in [4.69, 9.17) is 9.47 Å². The van der Waals surface area contributed by atoms with Crippen molar-refractivity contribution in [2.75, 3.05) is 26.7 Å². The number of nitrogens with one attached hydrogen (secondary N) is 2. The highest BCUT2D eigenvalue weighted by atomic mass is 19.1. The lowest BCUT2D eigenvalue weighted by atomic mass is 10.2. The second-order valence-corrected chi connectivity index (χ2v) is 6.13. The Morgan fingerprint density at radius 3 is 2.38 bits per heavy atom. The highest BCUT2D eigenvalue weighted by Crippen LogP contribution is 2.28. The Balaban J connectivity index is 1.81. The lowest BCUT2D eigenvalue weighted by Crippen LogP contribution is -2.31. The fourth-order valence-corrected chi connectivity index (χ4v) is 2.40. The number of halogens is 1. The van der Waals surface area contributed by atoms with Crippen molar-refractivity contribution in [1.82, 2.24) is 10.6 Å². The minimum absolute atomic E-state index is 0.260. The highest BCUT2D eigenvalue weighted by molar-refractivity contribution is 5.43. The van der Waals surface area contributed by atoms with Crippen LogP contribution in [0.5, 0.6) is 11.5 Å². The Kier molecular flexibility index (Phi) is 8.34. The number of benzene rings is 2. The van der Waals surface area contributed by atoms with Crippen molar-refractivity contribution in [3.05, 3.63) is 59.4 Å². The molecule has 0 saturated carbocycles. The Morgan fingerprint density at radius 1 is 1.00 bits per heavy atom. The fraction of sp³-hybridized carbons (Fsp3) is 0.400. The smallest absolute Gasteiger partial charge is 0.161 e. The van der Waals surface area contributed by atoms with Gasteiger partial charge in [-0.05, 0) is 42.3 Å². The summed E-state index contributed by atoms with van der Waals surface area (Å²) in [6, 6.07) is 12.0. The number of methoxy groups -OCH3 is 1. The van der Waals surface area contributed by atoms with Crippen molar-refractivity contribution in [3.63, 3.8) is 0 Å². The molecular weight excluding hydrogens is 335 g/mol. The van der Waals surface area contributed by atoms with Gasteiger partial charge in [-0.15, -0.1) is 0 Å². The molecule has 0 spiro atoms. The first-order valence-corrected chi connectivity index (χ1v) is 8.72. The molecule has 3 N–H and O–H groups in total. The van der Waals surface area contributed by atoms with Crippen LogP contribution in [0.3, 0.4) is 0 Å². The predicted molar refractivity (Wildman–Crippen MR) is 100.0 cm³/mol. The van der Waals surface area contributed by atoms with E-state index < -0.39 is 0 Å². The summed E-state index contributed by atoms with van der Waals surface area (Å²) < 4.78 is 24.1. The van der Waals surface area contributed by atoms with Crippen LogP contribution in [-0.2, 0) is 13.2 Å². The van der Waals surface area contributed by atoms with Gasteiger partial charge in [0.25, 0.3) is 0 Å². The molecule has 142 valence electrons. The molecule has 0 unspecified atom stereocenters. The van der Waals surface area contributed by atoms with Crippen LogP contribution in [0.1, 0.15) is 18.1 Å². The zero-order valence-corrected chi connectivity index (χ0v) is 15.3. The number of hydrogen-bond donors (Lipinski definition) is 3. The molecule has 2 aromatic carbocycles. The first-order valence-electron chi connectivity index (χ1n) is 8.72. The van der Waals surface area contributed by atoms with Crippen LogP contribution < -0.4 is 20.1 Å². The zero-order chi connectivity index (χ0) is 18.8. The average Bonchev–Trinajstić information content (AvgIpc) is 2.64. The van der Waals surface area contributed by atoms with Gasteiger partial charge in [-0.2, -0.15) is 0 Å². The molecule has 0 aromatic heterocycles. The van der Waals surface area contributed by atoms with Gasteiger partial charge in [0.15, 0.2) is 11.5 Å². The summed E-state index contributed by atoms with van der Waals surface area (Å²) in [5.41, 5.74) is 1.98. The monoisotopic (exact) mass is 362 g/mol.